The Hall–Kier alpha value is -0.390. The molecule has 2 aromatic rings. The topological polar surface area (TPSA) is 38.9 Å². The van der Waals surface area contributed by atoms with Crippen LogP contribution >= 0.6 is 38.9 Å². The van der Waals surface area contributed by atoms with E-state index in [-0.39, 0.29) is 0 Å². The minimum absolute atomic E-state index is 0.388. The van der Waals surface area contributed by atoms with Gasteiger partial charge in [0.25, 0.3) is 0 Å². The van der Waals surface area contributed by atoms with Crippen LogP contribution < -0.4 is 0 Å². The second-order valence-electron chi connectivity index (χ2n) is 2.24. The normalized spacial score (nSPS) is 10.6. The average Bonchev–Trinajstić information content (AvgIpc) is 2.71. The van der Waals surface area contributed by atoms with Gasteiger partial charge in [0.05, 0.1) is 5.88 Å². The van der Waals surface area contributed by atoms with Crippen LogP contribution in [0.2, 0.25) is 0 Å². The highest BCUT2D eigenvalue weighted by Crippen LogP contribution is 2.27. The molecule has 0 amide bonds. The largest absolute Gasteiger partial charge is 0.447 e. The van der Waals surface area contributed by atoms with E-state index >= 15 is 0 Å². The summed E-state index contributed by atoms with van der Waals surface area (Å²) in [6, 6.07) is 3.65. The van der Waals surface area contributed by atoms with Crippen molar-refractivity contribution in [3.63, 3.8) is 0 Å². The molecule has 0 bridgehead atoms. The minimum atomic E-state index is 0.388. The molecule has 0 saturated carbocycles. The molecule has 2 rings (SSSR count). The number of furan rings is 1. The van der Waals surface area contributed by atoms with Gasteiger partial charge in [-0.2, -0.15) is 0 Å². The third-order valence-corrected chi connectivity index (χ3v) is 3.14. The van der Waals surface area contributed by atoms with Gasteiger partial charge in [-0.3, -0.25) is 0 Å². The SMILES string of the molecule is ClCc1nnc(-c2ccc(Br)o2)s1. The van der Waals surface area contributed by atoms with Gasteiger partial charge in [-0.15, -0.1) is 21.8 Å². The molecule has 0 unspecified atom stereocenters. The molecule has 0 spiro atoms. The molecule has 13 heavy (non-hydrogen) atoms. The van der Waals surface area contributed by atoms with Gasteiger partial charge in [0, 0.05) is 0 Å². The van der Waals surface area contributed by atoms with Gasteiger partial charge >= 0.3 is 0 Å². The Kier molecular flexibility index (Phi) is 2.66. The van der Waals surface area contributed by atoms with Gasteiger partial charge in [0.2, 0.25) is 0 Å². The lowest BCUT2D eigenvalue weighted by molar-refractivity contribution is 0.554. The molecule has 0 aromatic carbocycles. The lowest BCUT2D eigenvalue weighted by Crippen LogP contribution is -1.74. The van der Waals surface area contributed by atoms with Crippen molar-refractivity contribution < 1.29 is 4.42 Å². The van der Waals surface area contributed by atoms with E-state index in [1.807, 2.05) is 12.1 Å². The monoisotopic (exact) mass is 278 g/mol. The number of hydrogen-bond donors (Lipinski definition) is 0. The third kappa shape index (κ3) is 1.92. The van der Waals surface area contributed by atoms with Crippen LogP contribution in [0.5, 0.6) is 0 Å². The Morgan fingerprint density at radius 2 is 2.31 bits per heavy atom. The van der Waals surface area contributed by atoms with Crippen LogP contribution in [-0.4, -0.2) is 10.2 Å². The number of aromatic nitrogens is 2. The van der Waals surface area contributed by atoms with Gasteiger partial charge in [0.15, 0.2) is 15.4 Å². The first-order valence-corrected chi connectivity index (χ1v) is 5.58. The molecule has 0 atom stereocenters. The second kappa shape index (κ2) is 3.77. The highest BCUT2D eigenvalue weighted by Gasteiger charge is 2.09. The molecule has 0 fully saturated rings. The van der Waals surface area contributed by atoms with Gasteiger partial charge < -0.3 is 4.42 Å². The number of rotatable bonds is 2. The van der Waals surface area contributed by atoms with Crippen molar-refractivity contribution >= 4 is 38.9 Å². The third-order valence-electron chi connectivity index (χ3n) is 1.37. The molecule has 68 valence electrons. The quantitative estimate of drug-likeness (QED) is 0.792. The summed E-state index contributed by atoms with van der Waals surface area (Å²) in [4.78, 5) is 0. The fourth-order valence-electron chi connectivity index (χ4n) is 0.836. The van der Waals surface area contributed by atoms with Gasteiger partial charge in [0.1, 0.15) is 5.01 Å². The zero-order valence-electron chi connectivity index (χ0n) is 6.33. The first kappa shape index (κ1) is 9.18. The van der Waals surface area contributed by atoms with E-state index in [4.69, 9.17) is 16.0 Å². The molecular formula is C7H4BrClN2OS. The molecule has 2 aromatic heterocycles. The van der Waals surface area contributed by atoms with E-state index in [0.29, 0.717) is 16.3 Å². The number of halogens is 2. The minimum Gasteiger partial charge on any atom is -0.447 e. The maximum Gasteiger partial charge on any atom is 0.183 e. The van der Waals surface area contributed by atoms with Crippen molar-refractivity contribution in [2.75, 3.05) is 0 Å². The van der Waals surface area contributed by atoms with Gasteiger partial charge in [-0.05, 0) is 28.1 Å². The summed E-state index contributed by atoms with van der Waals surface area (Å²) in [7, 11) is 0. The predicted molar refractivity (Wildman–Crippen MR) is 54.9 cm³/mol. The maximum atomic E-state index is 5.60. The van der Waals surface area contributed by atoms with Crippen LogP contribution in [0.4, 0.5) is 0 Å². The Morgan fingerprint density at radius 1 is 1.46 bits per heavy atom. The van der Waals surface area contributed by atoms with E-state index in [2.05, 4.69) is 26.1 Å². The van der Waals surface area contributed by atoms with Crippen LogP contribution in [-0.2, 0) is 5.88 Å². The van der Waals surface area contributed by atoms with Crippen LogP contribution in [0.25, 0.3) is 10.8 Å². The van der Waals surface area contributed by atoms with Crippen molar-refractivity contribution in [1.29, 1.82) is 0 Å². The summed E-state index contributed by atoms with van der Waals surface area (Å²) in [5.41, 5.74) is 0. The van der Waals surface area contributed by atoms with Crippen LogP contribution in [0, 0.1) is 0 Å². The molecule has 0 aliphatic carbocycles. The first-order valence-electron chi connectivity index (χ1n) is 3.43. The summed E-state index contributed by atoms with van der Waals surface area (Å²) >= 11 is 10.2. The van der Waals surface area contributed by atoms with E-state index in [1.54, 1.807) is 0 Å². The lowest BCUT2D eigenvalue weighted by atomic mass is 10.5. The zero-order valence-corrected chi connectivity index (χ0v) is 9.49. The van der Waals surface area contributed by atoms with Crippen molar-refractivity contribution in [2.45, 2.75) is 5.88 Å². The van der Waals surface area contributed by atoms with E-state index < -0.39 is 0 Å². The number of nitrogens with zero attached hydrogens (tertiary/aromatic N) is 2. The molecule has 2 heterocycles. The standard InChI is InChI=1S/C7H4BrClN2OS/c8-5-2-1-4(12-5)7-11-10-6(3-9)13-7/h1-2H,3H2. The van der Waals surface area contributed by atoms with Gasteiger partial charge in [-0.25, -0.2) is 0 Å². The van der Waals surface area contributed by atoms with Crippen LogP contribution in [0.3, 0.4) is 0 Å². The molecule has 0 N–H and O–H groups in total. The van der Waals surface area contributed by atoms with Crippen molar-refractivity contribution in [2.24, 2.45) is 0 Å². The zero-order chi connectivity index (χ0) is 9.26. The van der Waals surface area contributed by atoms with Crippen LogP contribution in [0.15, 0.2) is 21.2 Å². The van der Waals surface area contributed by atoms with Crippen molar-refractivity contribution in [3.05, 3.63) is 21.8 Å². The molecule has 6 heteroatoms. The average molecular weight is 280 g/mol. The lowest BCUT2D eigenvalue weighted by Gasteiger charge is -1.84. The Labute approximate surface area is 91.9 Å². The van der Waals surface area contributed by atoms with Crippen LogP contribution in [0.1, 0.15) is 5.01 Å². The maximum absolute atomic E-state index is 5.60. The van der Waals surface area contributed by atoms with E-state index in [0.717, 1.165) is 10.0 Å². The smallest absolute Gasteiger partial charge is 0.183 e. The first-order chi connectivity index (χ1) is 6.29. The van der Waals surface area contributed by atoms with Gasteiger partial charge in [-0.1, -0.05) is 11.3 Å². The summed E-state index contributed by atoms with van der Waals surface area (Å²) in [5.74, 6) is 1.10. The second-order valence-corrected chi connectivity index (χ2v) is 4.35. The summed E-state index contributed by atoms with van der Waals surface area (Å²) < 4.78 is 5.99. The van der Waals surface area contributed by atoms with Crippen molar-refractivity contribution in [3.8, 4) is 10.8 Å². The summed E-state index contributed by atoms with van der Waals surface area (Å²) in [6.07, 6.45) is 0. The highest BCUT2D eigenvalue weighted by atomic mass is 79.9. The Balaban J connectivity index is 2.35. The molecule has 0 aliphatic heterocycles. The Morgan fingerprint density at radius 3 is 2.85 bits per heavy atom. The van der Waals surface area contributed by atoms with E-state index in [1.165, 1.54) is 11.3 Å². The summed E-state index contributed by atoms with van der Waals surface area (Å²) in [5, 5.41) is 9.37. The predicted octanol–water partition coefficient (Wildman–Crippen LogP) is 3.30. The van der Waals surface area contributed by atoms with E-state index in [9.17, 15) is 0 Å². The number of alkyl halides is 1. The fraction of sp³-hybridized carbons (Fsp3) is 0.143. The molecule has 3 nitrogen and oxygen atoms in total. The Bertz CT molecular complexity index is 414. The fourth-order valence-corrected chi connectivity index (χ4v) is 2.01. The molecule has 0 aliphatic rings. The number of hydrogen-bond acceptors (Lipinski definition) is 4. The van der Waals surface area contributed by atoms with Crippen molar-refractivity contribution in [1.82, 2.24) is 10.2 Å². The summed E-state index contributed by atoms with van der Waals surface area (Å²) in [6.45, 7) is 0. The molecule has 0 saturated heterocycles. The molecular weight excluding hydrogens is 276 g/mol. The highest BCUT2D eigenvalue weighted by molar-refractivity contribution is 9.10. The molecule has 0 radical (unpaired) electrons.